The highest BCUT2D eigenvalue weighted by atomic mass is 32.2. The highest BCUT2D eigenvalue weighted by molar-refractivity contribution is 7.99. The van der Waals surface area contributed by atoms with E-state index in [4.69, 9.17) is 0 Å². The first-order valence-corrected chi connectivity index (χ1v) is 9.17. The fraction of sp³-hybridized carbons (Fsp3) is 0.562. The fourth-order valence-electron chi connectivity index (χ4n) is 2.64. The number of nitrogens with zero attached hydrogens (tertiary/aromatic N) is 3. The Morgan fingerprint density at radius 2 is 2.00 bits per heavy atom. The lowest BCUT2D eigenvalue weighted by Crippen LogP contribution is -2.20. The average Bonchev–Trinajstić information content (AvgIpc) is 3.04. The van der Waals surface area contributed by atoms with Crippen LogP contribution in [0.15, 0.2) is 16.0 Å². The first-order valence-electron chi connectivity index (χ1n) is 8.18. The molecule has 0 saturated carbocycles. The van der Waals surface area contributed by atoms with Crippen LogP contribution in [0.25, 0.3) is 0 Å². The number of ketones is 1. The van der Waals surface area contributed by atoms with Crippen molar-refractivity contribution in [2.75, 3.05) is 5.75 Å². The van der Waals surface area contributed by atoms with Crippen LogP contribution < -0.4 is 5.69 Å². The third-order valence-corrected chi connectivity index (χ3v) is 4.98. The molecule has 26 heavy (non-hydrogen) atoms. The Labute approximate surface area is 152 Å². The van der Waals surface area contributed by atoms with Gasteiger partial charge >= 0.3 is 11.9 Å². The van der Waals surface area contributed by atoms with Crippen LogP contribution >= 0.6 is 11.8 Å². The maximum atomic E-state index is 12.7. The molecule has 0 amide bonds. The van der Waals surface area contributed by atoms with Gasteiger partial charge in [-0.3, -0.25) is 9.36 Å². The topological polar surface area (TPSA) is 72.7 Å². The van der Waals surface area contributed by atoms with E-state index in [-0.39, 0.29) is 28.5 Å². The van der Waals surface area contributed by atoms with Gasteiger partial charge in [0.25, 0.3) is 0 Å². The van der Waals surface area contributed by atoms with E-state index in [1.165, 1.54) is 17.6 Å². The van der Waals surface area contributed by atoms with Crippen LogP contribution in [0, 0.1) is 13.8 Å². The van der Waals surface area contributed by atoms with Gasteiger partial charge in [-0.2, -0.15) is 13.2 Å². The minimum Gasteiger partial charge on any atom is -0.339 e. The summed E-state index contributed by atoms with van der Waals surface area (Å²) in [6, 6.07) is 1.47. The molecule has 0 saturated heterocycles. The molecule has 6 nitrogen and oxygen atoms in total. The van der Waals surface area contributed by atoms with E-state index in [2.05, 4.69) is 10.2 Å². The number of aromatic nitrogens is 4. The van der Waals surface area contributed by atoms with Crippen molar-refractivity contribution < 1.29 is 18.0 Å². The molecule has 0 aliphatic rings. The van der Waals surface area contributed by atoms with Gasteiger partial charge in [0.15, 0.2) is 10.9 Å². The van der Waals surface area contributed by atoms with E-state index in [1.807, 2.05) is 6.92 Å². The number of aromatic amines is 1. The predicted octanol–water partition coefficient (Wildman–Crippen LogP) is 3.33. The van der Waals surface area contributed by atoms with E-state index in [0.717, 1.165) is 29.2 Å². The van der Waals surface area contributed by atoms with Crippen LogP contribution in [0.5, 0.6) is 0 Å². The van der Waals surface area contributed by atoms with Gasteiger partial charge in [-0.05, 0) is 26.3 Å². The van der Waals surface area contributed by atoms with Gasteiger partial charge in [-0.1, -0.05) is 25.1 Å². The minimum atomic E-state index is -4.35. The van der Waals surface area contributed by atoms with Gasteiger partial charge in [0.05, 0.1) is 5.75 Å². The second kappa shape index (κ2) is 8.15. The van der Waals surface area contributed by atoms with Gasteiger partial charge in [0.1, 0.15) is 6.54 Å². The number of H-pyrrole nitrogens is 1. The molecule has 2 aromatic rings. The number of carbonyl (C=O) groups is 1. The summed E-state index contributed by atoms with van der Waals surface area (Å²) in [5.74, 6) is -0.304. The summed E-state index contributed by atoms with van der Waals surface area (Å²) in [6.45, 7) is 4.42. The lowest BCUT2D eigenvalue weighted by molar-refractivity contribution is -0.141. The summed E-state index contributed by atoms with van der Waals surface area (Å²) in [5.41, 5.74) is 0.595. The quantitative estimate of drug-likeness (QED) is 0.554. The van der Waals surface area contributed by atoms with Gasteiger partial charge in [-0.25, -0.2) is 9.89 Å². The molecule has 0 bridgehead atoms. The number of halogens is 3. The number of carbonyl (C=O) groups excluding carboxylic acids is 1. The molecular weight excluding hydrogens is 369 g/mol. The molecule has 0 atom stereocenters. The van der Waals surface area contributed by atoms with Crippen molar-refractivity contribution in [3.63, 3.8) is 0 Å². The summed E-state index contributed by atoms with van der Waals surface area (Å²) >= 11 is 1.10. The molecule has 2 heterocycles. The van der Waals surface area contributed by atoms with Gasteiger partial charge in [-0.15, -0.1) is 5.10 Å². The van der Waals surface area contributed by atoms with Crippen molar-refractivity contribution in [1.82, 2.24) is 19.3 Å². The highest BCUT2D eigenvalue weighted by Crippen LogP contribution is 2.24. The molecule has 1 N–H and O–H groups in total. The maximum Gasteiger partial charge on any atom is 0.406 e. The number of unbranched alkanes of at least 4 members (excludes halogenated alkanes) is 1. The Kier molecular flexibility index (Phi) is 6.38. The molecule has 0 aromatic carbocycles. The number of rotatable bonds is 8. The summed E-state index contributed by atoms with van der Waals surface area (Å²) in [6.07, 6.45) is -2.64. The maximum absolute atomic E-state index is 12.7. The zero-order valence-electron chi connectivity index (χ0n) is 14.8. The average molecular weight is 390 g/mol. The van der Waals surface area contributed by atoms with Crippen molar-refractivity contribution >= 4 is 17.5 Å². The molecule has 0 fully saturated rings. The van der Waals surface area contributed by atoms with Gasteiger partial charge in [0.2, 0.25) is 0 Å². The molecule has 0 unspecified atom stereocenters. The Morgan fingerprint density at radius 3 is 2.62 bits per heavy atom. The highest BCUT2D eigenvalue weighted by Gasteiger charge is 2.30. The van der Waals surface area contributed by atoms with Crippen LogP contribution in [0.4, 0.5) is 13.2 Å². The zero-order chi connectivity index (χ0) is 19.5. The molecule has 0 radical (unpaired) electrons. The smallest absolute Gasteiger partial charge is 0.339 e. The molecule has 0 aliphatic carbocycles. The predicted molar refractivity (Wildman–Crippen MR) is 92.8 cm³/mol. The Morgan fingerprint density at radius 1 is 1.31 bits per heavy atom. The van der Waals surface area contributed by atoms with E-state index in [1.54, 1.807) is 6.92 Å². The van der Waals surface area contributed by atoms with Gasteiger partial charge in [0, 0.05) is 23.5 Å². The number of Topliss-reactive ketones (excluding diaryl/α,β-unsaturated/α-hetero) is 1. The number of hydrogen-bond donors (Lipinski definition) is 1. The monoisotopic (exact) mass is 390 g/mol. The molecule has 2 aromatic heterocycles. The molecule has 10 heteroatoms. The molecular formula is C16H21F3N4O2S. The molecule has 0 aliphatic heterocycles. The third kappa shape index (κ3) is 4.80. The summed E-state index contributed by atoms with van der Waals surface area (Å²) in [5, 5.41) is 6.67. The summed E-state index contributed by atoms with van der Waals surface area (Å²) < 4.78 is 40.6. The van der Waals surface area contributed by atoms with Gasteiger partial charge < -0.3 is 4.57 Å². The lowest BCUT2D eigenvalue weighted by Gasteiger charge is -2.12. The lowest BCUT2D eigenvalue weighted by atomic mass is 10.2. The second-order valence-electron chi connectivity index (χ2n) is 6.01. The largest absolute Gasteiger partial charge is 0.406 e. The standard InChI is InChI=1S/C16H21F3N4O2S/c1-4-5-6-22-14(25)20-21-15(22)26-8-13(24)12-7-10(2)23(11(12)3)9-16(17,18)19/h7H,4-6,8-9H2,1-3H3,(H,20,25). The Bertz CT molecular complexity index is 836. The number of hydrogen-bond acceptors (Lipinski definition) is 4. The van der Waals surface area contributed by atoms with Crippen molar-refractivity contribution in [3.8, 4) is 0 Å². The SMILES string of the molecule is CCCCn1c(SCC(=O)c2cc(C)n(CC(F)(F)F)c2C)n[nH]c1=O. The first-order chi connectivity index (χ1) is 12.1. The van der Waals surface area contributed by atoms with Crippen LogP contribution in [0.3, 0.4) is 0 Å². The molecule has 0 spiro atoms. The number of thioether (sulfide) groups is 1. The first kappa shape index (κ1) is 20.3. The van der Waals surface area contributed by atoms with Crippen LogP contribution in [0.1, 0.15) is 41.5 Å². The second-order valence-corrected chi connectivity index (χ2v) is 6.96. The van der Waals surface area contributed by atoms with E-state index in [0.29, 0.717) is 17.4 Å². The fourth-order valence-corrected chi connectivity index (χ4v) is 3.50. The normalized spacial score (nSPS) is 11.9. The number of alkyl halides is 3. The minimum absolute atomic E-state index is 0.00721. The van der Waals surface area contributed by atoms with E-state index >= 15 is 0 Å². The van der Waals surface area contributed by atoms with Crippen LogP contribution in [0.2, 0.25) is 0 Å². The van der Waals surface area contributed by atoms with Crippen LogP contribution in [-0.2, 0) is 13.1 Å². The van der Waals surface area contributed by atoms with Crippen LogP contribution in [-0.4, -0.2) is 37.0 Å². The van der Waals surface area contributed by atoms with E-state index < -0.39 is 12.7 Å². The third-order valence-electron chi connectivity index (χ3n) is 4.00. The summed E-state index contributed by atoms with van der Waals surface area (Å²) in [4.78, 5) is 24.2. The Balaban J connectivity index is 2.12. The molecule has 144 valence electrons. The van der Waals surface area contributed by atoms with E-state index in [9.17, 15) is 22.8 Å². The van der Waals surface area contributed by atoms with Crippen molar-refractivity contribution in [1.29, 1.82) is 0 Å². The summed E-state index contributed by atoms with van der Waals surface area (Å²) in [7, 11) is 0. The van der Waals surface area contributed by atoms with Crippen molar-refractivity contribution in [3.05, 3.63) is 33.5 Å². The zero-order valence-corrected chi connectivity index (χ0v) is 15.6. The van der Waals surface area contributed by atoms with Crippen molar-refractivity contribution in [2.24, 2.45) is 0 Å². The Hall–Kier alpha value is -1.97. The molecule has 2 rings (SSSR count). The number of nitrogens with one attached hydrogen (secondary N) is 1. The number of aryl methyl sites for hydroxylation is 1. The van der Waals surface area contributed by atoms with Crippen molar-refractivity contribution in [2.45, 2.75) is 58.0 Å².